The molecule has 2 saturated heterocycles. The highest BCUT2D eigenvalue weighted by Crippen LogP contribution is 2.32. The third kappa shape index (κ3) is 12.5. The second kappa shape index (κ2) is 16.1. The van der Waals surface area contributed by atoms with Crippen LogP contribution in [0.25, 0.3) is 0 Å². The van der Waals surface area contributed by atoms with Gasteiger partial charge in [-0.1, -0.05) is 0 Å². The summed E-state index contributed by atoms with van der Waals surface area (Å²) in [5.74, 6) is 0. The summed E-state index contributed by atoms with van der Waals surface area (Å²) in [5, 5.41) is 61.6. The molecule has 22 nitrogen and oxygen atoms in total. The van der Waals surface area contributed by atoms with E-state index in [2.05, 4.69) is 0 Å². The van der Waals surface area contributed by atoms with Crippen molar-refractivity contribution in [3.63, 3.8) is 0 Å². The van der Waals surface area contributed by atoms with Crippen molar-refractivity contribution in [2.24, 2.45) is 22.9 Å². The maximum Gasteiger partial charge on any atom is 0.394 e. The van der Waals surface area contributed by atoms with Crippen molar-refractivity contribution in [3.8, 4) is 0 Å². The summed E-state index contributed by atoms with van der Waals surface area (Å²) >= 11 is 0. The lowest BCUT2D eigenvalue weighted by atomic mass is 9.84. The van der Waals surface area contributed by atoms with Crippen LogP contribution < -0.4 is 22.9 Å². The number of rotatable bonds is 6. The van der Waals surface area contributed by atoms with Gasteiger partial charge in [0.1, 0.15) is 48.8 Å². The summed E-state index contributed by atoms with van der Waals surface area (Å²) in [5.41, 5.74) is 24.0. The van der Waals surface area contributed by atoms with E-state index >= 15 is 0 Å². The van der Waals surface area contributed by atoms with Gasteiger partial charge in [-0.05, 0) is 20.3 Å². The van der Waals surface area contributed by atoms with E-state index in [1.165, 1.54) is 6.92 Å². The Hall–Kier alpha value is -0.820. The molecule has 2 heterocycles. The van der Waals surface area contributed by atoms with Gasteiger partial charge in [-0.25, -0.2) is 0 Å². The van der Waals surface area contributed by atoms with Gasteiger partial charge < -0.3 is 72.5 Å². The van der Waals surface area contributed by atoms with E-state index in [4.69, 9.17) is 76.9 Å². The molecule has 3 rings (SSSR count). The van der Waals surface area contributed by atoms with Crippen molar-refractivity contribution in [1.29, 1.82) is 0 Å². The quantitative estimate of drug-likeness (QED) is 0.116. The fraction of sp³-hybridized carbons (Fsp3) is 1.00. The number of aliphatic hydroxyl groups excluding tert-OH is 6. The lowest BCUT2D eigenvalue weighted by molar-refractivity contribution is -0.315. The van der Waals surface area contributed by atoms with Gasteiger partial charge in [0.15, 0.2) is 12.6 Å². The molecule has 16 unspecified atom stereocenters. The fourth-order valence-corrected chi connectivity index (χ4v) is 4.57. The third-order valence-electron chi connectivity index (χ3n) is 6.58. The highest BCUT2D eigenvalue weighted by molar-refractivity contribution is 7.80. The van der Waals surface area contributed by atoms with E-state index in [1.54, 1.807) is 6.92 Å². The van der Waals surface area contributed by atoms with Crippen LogP contribution >= 0.6 is 0 Å². The molecule has 0 aromatic rings. The van der Waals surface area contributed by atoms with Crippen molar-refractivity contribution >= 4 is 20.8 Å². The first-order valence-electron chi connectivity index (χ1n) is 12.5. The fourth-order valence-electron chi connectivity index (χ4n) is 4.57. The van der Waals surface area contributed by atoms with E-state index in [0.717, 1.165) is 0 Å². The monoisotopic (exact) mass is 678 g/mol. The van der Waals surface area contributed by atoms with Crippen LogP contribution in [0, 0.1) is 0 Å². The Kier molecular flexibility index (Phi) is 15.1. The first-order valence-corrected chi connectivity index (χ1v) is 15.3. The van der Waals surface area contributed by atoms with E-state index < -0.39 is 119 Å². The molecular formula is C19H42N4O18S2. The molecule has 1 aliphatic carbocycles. The van der Waals surface area contributed by atoms with Crippen LogP contribution in [0.1, 0.15) is 20.3 Å². The minimum Gasteiger partial charge on any atom is -0.391 e. The standard InChI is InChI=1S/C19H38N4O10.2H2O4S/c1-4(20)14-12(28)13(29)19(30-14)33-17-9(25)6(21)3-7(22)16(17)32-18-8(23)10(26)11(27)15(31-18)5(2)24;2*1-5(2,3)4/h4-19,24-29H,3,20-23H2,1-2H3;2*(H2,1,2,3,4). The molecule has 43 heavy (non-hydrogen) atoms. The minimum absolute atomic E-state index is 0.137. The highest BCUT2D eigenvalue weighted by atomic mass is 32.3. The number of aliphatic hydroxyl groups is 6. The van der Waals surface area contributed by atoms with Crippen LogP contribution in [-0.2, 0) is 39.7 Å². The summed E-state index contributed by atoms with van der Waals surface area (Å²) < 4.78 is 86.0. The predicted octanol–water partition coefficient (Wildman–Crippen LogP) is -7.18. The number of nitrogens with two attached hydrogens (primary N) is 4. The molecule has 0 aromatic heterocycles. The SMILES string of the molecule is CC(N)C1OC(OC2C(O)C(N)CC(N)C2OC2OC(C(C)O)C(O)C(O)C2N)C(O)C1O.O=S(=O)(O)O.O=S(=O)(O)O. The summed E-state index contributed by atoms with van der Waals surface area (Å²) in [6.07, 6.45) is -15.2. The molecule has 18 N–H and O–H groups in total. The Morgan fingerprint density at radius 2 is 1.09 bits per heavy atom. The van der Waals surface area contributed by atoms with Crippen LogP contribution in [0.3, 0.4) is 0 Å². The Morgan fingerprint density at radius 1 is 0.674 bits per heavy atom. The summed E-state index contributed by atoms with van der Waals surface area (Å²) in [6.45, 7) is 2.96. The second-order valence-electron chi connectivity index (χ2n) is 10.2. The number of hydrogen-bond acceptors (Lipinski definition) is 18. The summed E-state index contributed by atoms with van der Waals surface area (Å²) in [7, 11) is -9.33. The van der Waals surface area contributed by atoms with E-state index in [1.807, 2.05) is 0 Å². The maximum absolute atomic E-state index is 10.7. The summed E-state index contributed by atoms with van der Waals surface area (Å²) in [4.78, 5) is 0. The number of hydrogen-bond donors (Lipinski definition) is 14. The Balaban J connectivity index is 0.000000798. The van der Waals surface area contributed by atoms with Crippen LogP contribution in [-0.4, -0.2) is 163 Å². The predicted molar refractivity (Wildman–Crippen MR) is 139 cm³/mol. The zero-order chi connectivity index (χ0) is 33.8. The van der Waals surface area contributed by atoms with Gasteiger partial charge in [-0.3, -0.25) is 18.2 Å². The molecule has 258 valence electrons. The van der Waals surface area contributed by atoms with E-state index in [0.29, 0.717) is 0 Å². The molecule has 0 radical (unpaired) electrons. The first-order chi connectivity index (χ1) is 19.3. The maximum atomic E-state index is 10.7. The second-order valence-corrected chi connectivity index (χ2v) is 12.0. The Labute approximate surface area is 246 Å². The minimum atomic E-state index is -4.67. The molecule has 16 atom stereocenters. The molecule has 1 saturated carbocycles. The van der Waals surface area contributed by atoms with Crippen molar-refractivity contribution in [2.45, 2.75) is 118 Å². The molecule has 0 aromatic carbocycles. The molecule has 0 bridgehead atoms. The number of ether oxygens (including phenoxy) is 4. The molecule has 3 aliphatic rings. The van der Waals surface area contributed by atoms with Crippen LogP contribution in [0.15, 0.2) is 0 Å². The van der Waals surface area contributed by atoms with Crippen LogP contribution in [0.2, 0.25) is 0 Å². The lowest BCUT2D eigenvalue weighted by Gasteiger charge is -2.47. The van der Waals surface area contributed by atoms with Crippen LogP contribution in [0.4, 0.5) is 0 Å². The zero-order valence-electron chi connectivity index (χ0n) is 22.8. The molecule has 24 heteroatoms. The molecule has 2 aliphatic heterocycles. The van der Waals surface area contributed by atoms with Gasteiger partial charge in [0, 0.05) is 18.1 Å². The Morgan fingerprint density at radius 3 is 1.51 bits per heavy atom. The molecule has 3 fully saturated rings. The van der Waals surface area contributed by atoms with Gasteiger partial charge in [-0.2, -0.15) is 16.8 Å². The van der Waals surface area contributed by atoms with E-state index in [9.17, 15) is 30.6 Å². The first kappa shape index (κ1) is 40.2. The van der Waals surface area contributed by atoms with Crippen molar-refractivity contribution in [3.05, 3.63) is 0 Å². The molecule has 0 spiro atoms. The van der Waals surface area contributed by atoms with Gasteiger partial charge in [0.25, 0.3) is 0 Å². The highest BCUT2D eigenvalue weighted by Gasteiger charge is 2.53. The van der Waals surface area contributed by atoms with Crippen molar-refractivity contribution < 1.29 is 84.6 Å². The van der Waals surface area contributed by atoms with Gasteiger partial charge in [0.05, 0.1) is 18.2 Å². The molecule has 0 amide bonds. The van der Waals surface area contributed by atoms with Crippen molar-refractivity contribution in [2.75, 3.05) is 0 Å². The topological polar surface area (TPSA) is 412 Å². The summed E-state index contributed by atoms with van der Waals surface area (Å²) in [6, 6.07) is -3.41. The average Bonchev–Trinajstić information content (AvgIpc) is 3.11. The Bertz CT molecular complexity index is 1020. The van der Waals surface area contributed by atoms with Gasteiger partial charge in [-0.15, -0.1) is 0 Å². The van der Waals surface area contributed by atoms with Crippen LogP contribution in [0.5, 0.6) is 0 Å². The zero-order valence-corrected chi connectivity index (χ0v) is 24.4. The largest absolute Gasteiger partial charge is 0.394 e. The smallest absolute Gasteiger partial charge is 0.391 e. The van der Waals surface area contributed by atoms with Gasteiger partial charge in [0.2, 0.25) is 0 Å². The van der Waals surface area contributed by atoms with Gasteiger partial charge >= 0.3 is 20.8 Å². The van der Waals surface area contributed by atoms with E-state index in [-0.39, 0.29) is 6.42 Å². The van der Waals surface area contributed by atoms with Crippen molar-refractivity contribution in [1.82, 2.24) is 0 Å². The molecular weight excluding hydrogens is 636 g/mol. The average molecular weight is 679 g/mol. The normalized spacial score (nSPS) is 43.4. The lowest BCUT2D eigenvalue weighted by Crippen LogP contribution is -2.68. The third-order valence-corrected chi connectivity index (χ3v) is 6.58.